The Kier molecular flexibility index (Phi) is 13.4. The van der Waals surface area contributed by atoms with E-state index < -0.39 is 11.5 Å². The third-order valence-corrected chi connectivity index (χ3v) is 9.18. The largest absolute Gasteiger partial charge is 0.504 e. The molecule has 0 fully saturated rings. The van der Waals surface area contributed by atoms with E-state index in [4.69, 9.17) is 4.42 Å². The zero-order valence-electron chi connectivity index (χ0n) is 26.5. The molecule has 6 nitrogen and oxygen atoms in total. The van der Waals surface area contributed by atoms with Gasteiger partial charge in [0.05, 0.1) is 10.9 Å². The van der Waals surface area contributed by atoms with Crippen molar-refractivity contribution in [2.24, 2.45) is 17.8 Å². The van der Waals surface area contributed by atoms with Gasteiger partial charge < -0.3 is 24.8 Å². The molecule has 7 heteroatoms. The third kappa shape index (κ3) is 10.3. The van der Waals surface area contributed by atoms with Crippen molar-refractivity contribution in [3.63, 3.8) is 0 Å². The fourth-order valence-electron chi connectivity index (χ4n) is 5.47. The van der Waals surface area contributed by atoms with E-state index in [-0.39, 0.29) is 33.7 Å². The summed E-state index contributed by atoms with van der Waals surface area (Å²) in [6.07, 6.45) is 13.7. The number of hydrogen-bond donors (Lipinski definition) is 4. The first kappa shape index (κ1) is 34.4. The summed E-state index contributed by atoms with van der Waals surface area (Å²) in [6.45, 7) is 11.5. The molecule has 2 aromatic carbocycles. The van der Waals surface area contributed by atoms with Crippen molar-refractivity contribution >= 4 is 22.7 Å². The highest BCUT2D eigenvalue weighted by molar-refractivity contribution is 7.98. The van der Waals surface area contributed by atoms with Crippen molar-refractivity contribution in [3.05, 3.63) is 57.8 Å². The molecule has 0 saturated carbocycles. The van der Waals surface area contributed by atoms with E-state index in [2.05, 4.69) is 40.7 Å². The summed E-state index contributed by atoms with van der Waals surface area (Å²) in [5.41, 5.74) is 1.68. The van der Waals surface area contributed by atoms with Crippen LogP contribution in [0.4, 0.5) is 0 Å². The second kappa shape index (κ2) is 16.7. The van der Waals surface area contributed by atoms with Crippen LogP contribution in [0.1, 0.15) is 98.0 Å². The van der Waals surface area contributed by atoms with Crippen molar-refractivity contribution in [1.29, 1.82) is 0 Å². The van der Waals surface area contributed by atoms with Gasteiger partial charge in [-0.25, -0.2) is 0 Å². The molecule has 4 N–H and O–H groups in total. The predicted molar refractivity (Wildman–Crippen MR) is 179 cm³/mol. The lowest BCUT2D eigenvalue weighted by atomic mass is 9.91. The zero-order valence-corrected chi connectivity index (χ0v) is 27.3. The van der Waals surface area contributed by atoms with Gasteiger partial charge in [-0.2, -0.15) is 11.8 Å². The van der Waals surface area contributed by atoms with Crippen molar-refractivity contribution in [3.8, 4) is 34.3 Å². The van der Waals surface area contributed by atoms with Crippen molar-refractivity contribution in [1.82, 2.24) is 0 Å². The first-order valence-electron chi connectivity index (χ1n) is 15.7. The van der Waals surface area contributed by atoms with E-state index in [1.54, 1.807) is 11.8 Å². The molecule has 0 amide bonds. The third-order valence-electron chi connectivity index (χ3n) is 8.28. The molecule has 1 heterocycles. The summed E-state index contributed by atoms with van der Waals surface area (Å²) in [7, 11) is 0. The van der Waals surface area contributed by atoms with Crippen LogP contribution in [0.5, 0.6) is 23.0 Å². The number of fused-ring (bicyclic) bond motifs is 1. The van der Waals surface area contributed by atoms with Crippen molar-refractivity contribution in [2.45, 2.75) is 98.2 Å². The lowest BCUT2D eigenvalue weighted by Gasteiger charge is -2.15. The summed E-state index contributed by atoms with van der Waals surface area (Å²) in [4.78, 5) is 13.5. The van der Waals surface area contributed by atoms with E-state index in [9.17, 15) is 25.2 Å². The minimum Gasteiger partial charge on any atom is -0.504 e. The Balaban J connectivity index is 1.54. The SMILES string of the molecule is C/C(=C\CSCc1c(-c2ccc(O)c(O)c2)oc2c(O)c(O)ccc2c1=O)CCC[C@H](C)CCC[C@H](C)CCCC(C)C. The van der Waals surface area contributed by atoms with Gasteiger partial charge in [0.2, 0.25) is 5.75 Å². The summed E-state index contributed by atoms with van der Waals surface area (Å²) in [5.74, 6) is 2.10. The Bertz CT molecular complexity index is 1420. The second-order valence-electron chi connectivity index (χ2n) is 12.7. The molecule has 0 saturated heterocycles. The summed E-state index contributed by atoms with van der Waals surface area (Å²) >= 11 is 1.58. The Morgan fingerprint density at radius 3 is 2.12 bits per heavy atom. The predicted octanol–water partition coefficient (Wildman–Crippen LogP) is 9.90. The van der Waals surface area contributed by atoms with E-state index in [1.165, 1.54) is 87.3 Å². The van der Waals surface area contributed by atoms with Crippen LogP contribution in [-0.2, 0) is 5.75 Å². The average Bonchev–Trinajstić information content (AvgIpc) is 2.95. The zero-order chi connectivity index (χ0) is 31.5. The van der Waals surface area contributed by atoms with Crippen molar-refractivity contribution < 1.29 is 24.8 Å². The molecule has 3 aromatic rings. The average molecular weight is 611 g/mol. The Labute approximate surface area is 260 Å². The Hall–Kier alpha value is -3.06. The first-order valence-corrected chi connectivity index (χ1v) is 16.9. The van der Waals surface area contributed by atoms with Crippen molar-refractivity contribution in [2.75, 3.05) is 5.75 Å². The van der Waals surface area contributed by atoms with Gasteiger partial charge in [-0.3, -0.25) is 4.79 Å². The number of hydrogen-bond acceptors (Lipinski definition) is 7. The normalized spacial score (nSPS) is 13.6. The Morgan fingerprint density at radius 1 is 0.837 bits per heavy atom. The highest BCUT2D eigenvalue weighted by Crippen LogP contribution is 2.38. The summed E-state index contributed by atoms with van der Waals surface area (Å²) < 4.78 is 5.96. The molecule has 0 aliphatic carbocycles. The quantitative estimate of drug-likeness (QED) is 0.0684. The van der Waals surface area contributed by atoms with Gasteiger partial charge in [-0.15, -0.1) is 0 Å². The molecule has 0 bridgehead atoms. The van der Waals surface area contributed by atoms with Crippen LogP contribution in [0.3, 0.4) is 0 Å². The molecule has 3 rings (SSSR count). The maximum absolute atomic E-state index is 13.5. The van der Waals surface area contributed by atoms with Gasteiger partial charge >= 0.3 is 0 Å². The van der Waals surface area contributed by atoms with Crippen LogP contribution < -0.4 is 5.43 Å². The number of phenols is 4. The standard InChI is InChI=1S/C36H50O6S/c1-23(2)9-6-10-24(3)11-7-12-25(4)13-8-14-26(5)19-20-43-22-29-33(40)28-16-18-31(38)34(41)36(28)42-35(29)27-15-17-30(37)32(39)21-27/h15-19,21,23-25,37-39,41H,6-14,20,22H2,1-5H3/b26-19+/t24-,25-/m1/s1. The van der Waals surface area contributed by atoms with Gasteiger partial charge in [-0.1, -0.05) is 84.3 Å². The van der Waals surface area contributed by atoms with Crippen LogP contribution in [0, 0.1) is 17.8 Å². The second-order valence-corrected chi connectivity index (χ2v) is 13.7. The molecule has 0 unspecified atom stereocenters. The number of allylic oxidation sites excluding steroid dienone is 1. The van der Waals surface area contributed by atoms with Gasteiger partial charge in [0.1, 0.15) is 5.76 Å². The maximum Gasteiger partial charge on any atom is 0.201 e. The van der Waals surface area contributed by atoms with Gasteiger partial charge in [-0.05, 0) is 67.9 Å². The maximum atomic E-state index is 13.5. The van der Waals surface area contributed by atoms with Crippen LogP contribution >= 0.6 is 11.8 Å². The van der Waals surface area contributed by atoms with Gasteiger partial charge in [0.15, 0.2) is 28.3 Å². The monoisotopic (exact) mass is 610 g/mol. The summed E-state index contributed by atoms with van der Waals surface area (Å²) in [6, 6.07) is 6.86. The fraction of sp³-hybridized carbons (Fsp3) is 0.528. The molecule has 0 aliphatic heterocycles. The molecule has 0 radical (unpaired) electrons. The minimum atomic E-state index is -0.516. The summed E-state index contributed by atoms with van der Waals surface area (Å²) in [5, 5.41) is 40.3. The fourth-order valence-corrected chi connectivity index (χ4v) is 6.46. The molecule has 0 aliphatic rings. The van der Waals surface area contributed by atoms with Crippen LogP contribution in [-0.4, -0.2) is 26.2 Å². The van der Waals surface area contributed by atoms with Crippen LogP contribution in [0.2, 0.25) is 0 Å². The lowest BCUT2D eigenvalue weighted by Crippen LogP contribution is -2.10. The first-order chi connectivity index (χ1) is 20.5. The van der Waals surface area contributed by atoms with E-state index in [0.29, 0.717) is 16.9 Å². The van der Waals surface area contributed by atoms with Crippen LogP contribution in [0.25, 0.3) is 22.3 Å². The van der Waals surface area contributed by atoms with E-state index in [0.717, 1.165) is 29.9 Å². The number of aromatic hydroxyl groups is 4. The highest BCUT2D eigenvalue weighted by atomic mass is 32.2. The minimum absolute atomic E-state index is 0.123. The van der Waals surface area contributed by atoms with Crippen LogP contribution in [0.15, 0.2) is 51.2 Å². The molecule has 0 spiro atoms. The number of rotatable bonds is 17. The number of phenolic OH excluding ortho intramolecular Hbond substituents is 4. The Morgan fingerprint density at radius 2 is 1.47 bits per heavy atom. The molecular weight excluding hydrogens is 560 g/mol. The molecular formula is C36H50O6S. The molecule has 43 heavy (non-hydrogen) atoms. The van der Waals surface area contributed by atoms with Gasteiger partial charge in [0.25, 0.3) is 0 Å². The molecule has 236 valence electrons. The smallest absolute Gasteiger partial charge is 0.201 e. The van der Waals surface area contributed by atoms with Gasteiger partial charge in [0, 0.05) is 17.1 Å². The number of thioether (sulfide) groups is 1. The number of benzene rings is 2. The lowest BCUT2D eigenvalue weighted by molar-refractivity contribution is 0.389. The topological polar surface area (TPSA) is 111 Å². The highest BCUT2D eigenvalue weighted by Gasteiger charge is 2.20. The molecule has 2 atom stereocenters. The molecule has 1 aromatic heterocycles. The van der Waals surface area contributed by atoms with E-state index >= 15 is 0 Å². The van der Waals surface area contributed by atoms with E-state index in [1.807, 2.05) is 0 Å².